The number of hydrogen-bond acceptors (Lipinski definition) is 1. The van der Waals surface area contributed by atoms with E-state index in [1.807, 2.05) is 38.1 Å². The molecule has 0 atom stereocenters. The molecule has 1 heterocycles. The fourth-order valence-electron chi connectivity index (χ4n) is 3.77. The summed E-state index contributed by atoms with van der Waals surface area (Å²) in [5.74, 6) is -0.393. The summed E-state index contributed by atoms with van der Waals surface area (Å²) < 4.78 is 16.3. The Morgan fingerprint density at radius 2 is 1.50 bits per heavy atom. The molecule has 1 aromatic heterocycles. The number of hydrogen-bond donors (Lipinski definition) is 0. The Morgan fingerprint density at radius 3 is 2.17 bits per heavy atom. The van der Waals surface area contributed by atoms with Crippen LogP contribution in [0.3, 0.4) is 0 Å². The van der Waals surface area contributed by atoms with E-state index in [0.717, 1.165) is 28.2 Å². The average molecular weight is 392 g/mol. The molecule has 3 aromatic carbocycles. The minimum absolute atomic E-state index is 0.313. The second kappa shape index (κ2) is 8.23. The lowest BCUT2D eigenvalue weighted by atomic mass is 10.0. The maximum Gasteiger partial charge on any atom is 0.131 e. The molecule has 2 nitrogen and oxygen atoms in total. The van der Waals surface area contributed by atoms with Gasteiger partial charge in [-0.15, -0.1) is 0 Å². The SMILES string of the molecule is Cc1cc(C=C(C#N)c2ccccc2F)c(C)n1-c1ccc(-c2ccccc2)cc1. The number of halogens is 1. The lowest BCUT2D eigenvalue weighted by Crippen LogP contribution is -1.99. The molecule has 0 saturated heterocycles. The van der Waals surface area contributed by atoms with Gasteiger partial charge >= 0.3 is 0 Å². The van der Waals surface area contributed by atoms with E-state index >= 15 is 0 Å². The van der Waals surface area contributed by atoms with Crippen molar-refractivity contribution in [3.63, 3.8) is 0 Å². The molecule has 3 heteroatoms. The minimum atomic E-state index is -0.393. The van der Waals surface area contributed by atoms with Gasteiger partial charge in [0.05, 0.1) is 11.6 Å². The van der Waals surface area contributed by atoms with Crippen LogP contribution in [0.1, 0.15) is 22.5 Å². The maximum absolute atomic E-state index is 14.2. The van der Waals surface area contributed by atoms with Gasteiger partial charge < -0.3 is 4.57 Å². The summed E-state index contributed by atoms with van der Waals surface area (Å²) in [5.41, 5.74) is 6.98. The third-order valence-electron chi connectivity index (χ3n) is 5.29. The van der Waals surface area contributed by atoms with Crippen molar-refractivity contribution in [3.05, 3.63) is 113 Å². The van der Waals surface area contributed by atoms with E-state index in [4.69, 9.17) is 0 Å². The first-order chi connectivity index (χ1) is 14.6. The molecule has 0 radical (unpaired) electrons. The molecule has 0 amide bonds. The highest BCUT2D eigenvalue weighted by Gasteiger charge is 2.12. The van der Waals surface area contributed by atoms with Crippen molar-refractivity contribution in [2.45, 2.75) is 13.8 Å². The van der Waals surface area contributed by atoms with Crippen molar-refractivity contribution in [3.8, 4) is 22.9 Å². The van der Waals surface area contributed by atoms with Crippen molar-refractivity contribution in [1.29, 1.82) is 5.26 Å². The third kappa shape index (κ3) is 3.68. The molecule has 0 aliphatic carbocycles. The Morgan fingerprint density at radius 1 is 0.867 bits per heavy atom. The van der Waals surface area contributed by atoms with E-state index in [2.05, 4.69) is 47.0 Å². The molecule has 0 aliphatic rings. The van der Waals surface area contributed by atoms with Gasteiger partial charge in [0.15, 0.2) is 0 Å². The van der Waals surface area contributed by atoms with Crippen molar-refractivity contribution in [2.24, 2.45) is 0 Å². The molecule has 0 bridgehead atoms. The Bertz CT molecular complexity index is 1260. The highest BCUT2D eigenvalue weighted by molar-refractivity contribution is 5.90. The van der Waals surface area contributed by atoms with Gasteiger partial charge in [-0.1, -0.05) is 60.7 Å². The number of aryl methyl sites for hydroxylation is 1. The van der Waals surface area contributed by atoms with Crippen LogP contribution in [-0.2, 0) is 0 Å². The number of nitrogens with zero attached hydrogens (tertiary/aromatic N) is 2. The number of allylic oxidation sites excluding steroid dienone is 1. The van der Waals surface area contributed by atoms with E-state index in [-0.39, 0.29) is 0 Å². The summed E-state index contributed by atoms with van der Waals surface area (Å²) in [5, 5.41) is 9.60. The zero-order chi connectivity index (χ0) is 21.1. The first-order valence-electron chi connectivity index (χ1n) is 9.80. The summed E-state index contributed by atoms with van der Waals surface area (Å²) in [6.07, 6.45) is 1.76. The highest BCUT2D eigenvalue weighted by Crippen LogP contribution is 2.27. The lowest BCUT2D eigenvalue weighted by molar-refractivity contribution is 0.624. The Balaban J connectivity index is 1.72. The molecule has 0 saturated carbocycles. The maximum atomic E-state index is 14.2. The second-order valence-corrected chi connectivity index (χ2v) is 7.22. The first kappa shape index (κ1) is 19.4. The van der Waals surface area contributed by atoms with Gasteiger partial charge in [0.25, 0.3) is 0 Å². The third-order valence-corrected chi connectivity index (χ3v) is 5.29. The zero-order valence-corrected chi connectivity index (χ0v) is 16.9. The van der Waals surface area contributed by atoms with Gasteiger partial charge in [-0.2, -0.15) is 5.26 Å². The van der Waals surface area contributed by atoms with Gasteiger partial charge in [0.1, 0.15) is 5.82 Å². The molecule has 4 rings (SSSR count). The van der Waals surface area contributed by atoms with E-state index in [1.165, 1.54) is 11.6 Å². The van der Waals surface area contributed by atoms with E-state index in [1.54, 1.807) is 24.3 Å². The summed E-state index contributed by atoms with van der Waals surface area (Å²) >= 11 is 0. The van der Waals surface area contributed by atoms with Crippen LogP contribution in [0.5, 0.6) is 0 Å². The fraction of sp³-hybridized carbons (Fsp3) is 0.0741. The predicted octanol–water partition coefficient (Wildman–Crippen LogP) is 6.96. The van der Waals surface area contributed by atoms with Gasteiger partial charge in [-0.3, -0.25) is 0 Å². The Kier molecular flexibility index (Phi) is 5.32. The number of benzene rings is 3. The summed E-state index contributed by atoms with van der Waals surface area (Å²) in [6, 6.07) is 29.2. The monoisotopic (exact) mass is 392 g/mol. The van der Waals surface area contributed by atoms with Gasteiger partial charge in [-0.25, -0.2) is 4.39 Å². The molecule has 30 heavy (non-hydrogen) atoms. The molecular weight excluding hydrogens is 371 g/mol. The molecule has 146 valence electrons. The van der Waals surface area contributed by atoms with Crippen LogP contribution in [0, 0.1) is 31.0 Å². The Hall–Kier alpha value is -3.90. The standard InChI is InChI=1S/C27H21FN2/c1-19-16-23(17-24(18-29)26-10-6-7-11-27(26)28)20(2)30(19)25-14-12-22(13-15-25)21-8-4-3-5-9-21/h3-17H,1-2H3. The van der Waals surface area contributed by atoms with Crippen LogP contribution in [0.15, 0.2) is 84.9 Å². The van der Waals surface area contributed by atoms with Crippen LogP contribution in [0.25, 0.3) is 28.5 Å². The normalized spacial score (nSPS) is 11.3. The van der Waals surface area contributed by atoms with Crippen molar-refractivity contribution in [2.75, 3.05) is 0 Å². The van der Waals surface area contributed by atoms with Crippen molar-refractivity contribution in [1.82, 2.24) is 4.57 Å². The van der Waals surface area contributed by atoms with Gasteiger partial charge in [-0.05, 0) is 60.9 Å². The summed E-state index contributed by atoms with van der Waals surface area (Å²) in [7, 11) is 0. The lowest BCUT2D eigenvalue weighted by Gasteiger charge is -2.11. The molecule has 0 N–H and O–H groups in total. The smallest absolute Gasteiger partial charge is 0.131 e. The molecule has 0 spiro atoms. The molecule has 0 unspecified atom stereocenters. The number of nitriles is 1. The van der Waals surface area contributed by atoms with Crippen molar-refractivity contribution < 1.29 is 4.39 Å². The topological polar surface area (TPSA) is 28.7 Å². The molecule has 4 aromatic rings. The largest absolute Gasteiger partial charge is 0.318 e. The summed E-state index contributed by atoms with van der Waals surface area (Å²) in [6.45, 7) is 4.05. The van der Waals surface area contributed by atoms with Crippen LogP contribution in [0.2, 0.25) is 0 Å². The number of aromatic nitrogens is 1. The molecule has 0 fully saturated rings. The summed E-state index contributed by atoms with van der Waals surface area (Å²) in [4.78, 5) is 0. The van der Waals surface area contributed by atoms with E-state index < -0.39 is 5.82 Å². The predicted molar refractivity (Wildman–Crippen MR) is 121 cm³/mol. The van der Waals surface area contributed by atoms with Crippen molar-refractivity contribution >= 4 is 11.6 Å². The zero-order valence-electron chi connectivity index (χ0n) is 16.9. The average Bonchev–Trinajstić information content (AvgIpc) is 3.06. The van der Waals surface area contributed by atoms with Gasteiger partial charge in [0, 0.05) is 22.6 Å². The molecular formula is C27H21FN2. The fourth-order valence-corrected chi connectivity index (χ4v) is 3.77. The number of rotatable bonds is 4. The second-order valence-electron chi connectivity index (χ2n) is 7.22. The first-order valence-corrected chi connectivity index (χ1v) is 9.80. The highest BCUT2D eigenvalue weighted by atomic mass is 19.1. The van der Waals surface area contributed by atoms with Crippen LogP contribution >= 0.6 is 0 Å². The van der Waals surface area contributed by atoms with E-state index in [9.17, 15) is 9.65 Å². The van der Waals surface area contributed by atoms with Crippen LogP contribution in [0.4, 0.5) is 4.39 Å². The minimum Gasteiger partial charge on any atom is -0.318 e. The van der Waals surface area contributed by atoms with Crippen LogP contribution < -0.4 is 0 Å². The van der Waals surface area contributed by atoms with Crippen LogP contribution in [-0.4, -0.2) is 4.57 Å². The quantitative estimate of drug-likeness (QED) is 0.345. The van der Waals surface area contributed by atoms with Gasteiger partial charge in [0.2, 0.25) is 0 Å². The molecule has 0 aliphatic heterocycles. The van der Waals surface area contributed by atoms with E-state index in [0.29, 0.717) is 11.1 Å². The Labute approximate surface area is 176 Å².